The van der Waals surface area contributed by atoms with Gasteiger partial charge >= 0.3 is 0 Å². The molecule has 2 rings (SSSR count). The molecule has 2 aromatic rings. The van der Waals surface area contributed by atoms with E-state index >= 15 is 0 Å². The Bertz CT molecular complexity index is 458. The predicted octanol–water partition coefficient (Wildman–Crippen LogP) is 3.60. The van der Waals surface area contributed by atoms with Gasteiger partial charge in [-0.25, -0.2) is 4.39 Å². The number of rotatable bonds is 0. The Morgan fingerprint density at radius 2 is 1.69 bits per heavy atom. The molecule has 0 amide bonds. The average molecular weight is 174 g/mol. The summed E-state index contributed by atoms with van der Waals surface area (Å²) in [6.07, 6.45) is 0. The first kappa shape index (κ1) is 8.24. The second-order valence-electron chi connectivity index (χ2n) is 3.47. The van der Waals surface area contributed by atoms with Gasteiger partial charge in [0, 0.05) is 5.39 Å². The Balaban J connectivity index is 2.87. The Kier molecular flexibility index (Phi) is 1.80. The van der Waals surface area contributed by atoms with E-state index in [1.165, 1.54) is 0 Å². The van der Waals surface area contributed by atoms with E-state index in [2.05, 4.69) is 0 Å². The summed E-state index contributed by atoms with van der Waals surface area (Å²) in [5.41, 5.74) is 2.06. The standard InChI is InChI=1S/C12H11F/c1-8-3-4-10-5-9(2)7-12(13)11(10)6-8/h3-7H,1-2H3. The second kappa shape index (κ2) is 2.84. The highest BCUT2D eigenvalue weighted by atomic mass is 19.1. The SMILES string of the molecule is Cc1cc(F)c2cc(C)ccc2c1. The highest BCUT2D eigenvalue weighted by Crippen LogP contribution is 2.20. The largest absolute Gasteiger partial charge is 0.206 e. The monoisotopic (exact) mass is 174 g/mol. The summed E-state index contributed by atoms with van der Waals surface area (Å²) in [5, 5.41) is 1.69. The van der Waals surface area contributed by atoms with Gasteiger partial charge in [-0.15, -0.1) is 0 Å². The average Bonchev–Trinajstić information content (AvgIpc) is 2.06. The molecule has 0 aliphatic rings. The topological polar surface area (TPSA) is 0 Å². The van der Waals surface area contributed by atoms with Crippen LogP contribution >= 0.6 is 0 Å². The van der Waals surface area contributed by atoms with Crippen molar-refractivity contribution in [2.24, 2.45) is 0 Å². The van der Waals surface area contributed by atoms with Gasteiger partial charge in [0.15, 0.2) is 0 Å². The third-order valence-electron chi connectivity index (χ3n) is 2.20. The van der Waals surface area contributed by atoms with Crippen LogP contribution in [0.15, 0.2) is 30.3 Å². The van der Waals surface area contributed by atoms with Crippen LogP contribution in [-0.4, -0.2) is 0 Å². The molecule has 0 N–H and O–H groups in total. The lowest BCUT2D eigenvalue weighted by Gasteiger charge is -2.02. The van der Waals surface area contributed by atoms with Gasteiger partial charge in [-0.2, -0.15) is 0 Å². The molecular formula is C12H11F. The molecule has 0 aliphatic carbocycles. The van der Waals surface area contributed by atoms with Gasteiger partial charge < -0.3 is 0 Å². The fraction of sp³-hybridized carbons (Fsp3) is 0.167. The minimum absolute atomic E-state index is 0.126. The number of hydrogen-bond donors (Lipinski definition) is 0. The first-order valence-corrected chi connectivity index (χ1v) is 4.33. The number of fused-ring (bicyclic) bond motifs is 1. The fourth-order valence-corrected chi connectivity index (χ4v) is 1.57. The van der Waals surface area contributed by atoms with Crippen LogP contribution in [0.3, 0.4) is 0 Å². The number of aryl methyl sites for hydroxylation is 2. The van der Waals surface area contributed by atoms with Crippen molar-refractivity contribution >= 4 is 10.8 Å². The van der Waals surface area contributed by atoms with Crippen LogP contribution in [0.4, 0.5) is 4.39 Å². The summed E-state index contributed by atoms with van der Waals surface area (Å²) in [6.45, 7) is 3.88. The highest BCUT2D eigenvalue weighted by molar-refractivity contribution is 5.84. The first-order valence-electron chi connectivity index (χ1n) is 4.33. The molecule has 66 valence electrons. The molecule has 0 saturated carbocycles. The van der Waals surface area contributed by atoms with Crippen LogP contribution in [0.1, 0.15) is 11.1 Å². The van der Waals surface area contributed by atoms with Crippen LogP contribution in [0.25, 0.3) is 10.8 Å². The van der Waals surface area contributed by atoms with E-state index in [0.29, 0.717) is 5.39 Å². The molecule has 0 fully saturated rings. The van der Waals surface area contributed by atoms with E-state index in [-0.39, 0.29) is 5.82 Å². The second-order valence-corrected chi connectivity index (χ2v) is 3.47. The lowest BCUT2D eigenvalue weighted by molar-refractivity contribution is 0.638. The van der Waals surface area contributed by atoms with Crippen molar-refractivity contribution in [1.29, 1.82) is 0 Å². The summed E-state index contributed by atoms with van der Waals surface area (Å²) >= 11 is 0. The van der Waals surface area contributed by atoms with E-state index < -0.39 is 0 Å². The Morgan fingerprint density at radius 3 is 2.46 bits per heavy atom. The number of hydrogen-bond acceptors (Lipinski definition) is 0. The Labute approximate surface area is 77.0 Å². The van der Waals surface area contributed by atoms with Gasteiger partial charge in [-0.1, -0.05) is 23.8 Å². The summed E-state index contributed by atoms with van der Waals surface area (Å²) in [5.74, 6) is -0.126. The first-order chi connectivity index (χ1) is 6.16. The van der Waals surface area contributed by atoms with E-state index in [4.69, 9.17) is 0 Å². The summed E-state index contributed by atoms with van der Waals surface area (Å²) in [6, 6.07) is 9.41. The van der Waals surface area contributed by atoms with Crippen molar-refractivity contribution in [3.63, 3.8) is 0 Å². The molecule has 0 heterocycles. The van der Waals surface area contributed by atoms with Gasteiger partial charge in [-0.3, -0.25) is 0 Å². The zero-order chi connectivity index (χ0) is 9.42. The molecule has 0 atom stereocenters. The Hall–Kier alpha value is -1.37. The van der Waals surface area contributed by atoms with Gasteiger partial charge in [0.25, 0.3) is 0 Å². The molecule has 0 nitrogen and oxygen atoms in total. The highest BCUT2D eigenvalue weighted by Gasteiger charge is 2.01. The predicted molar refractivity (Wildman–Crippen MR) is 53.4 cm³/mol. The Morgan fingerprint density at radius 1 is 0.923 bits per heavy atom. The van der Waals surface area contributed by atoms with Gasteiger partial charge in [0.05, 0.1) is 0 Å². The van der Waals surface area contributed by atoms with E-state index in [9.17, 15) is 4.39 Å². The normalized spacial score (nSPS) is 10.7. The molecule has 2 aromatic carbocycles. The van der Waals surface area contributed by atoms with Crippen LogP contribution in [0, 0.1) is 19.7 Å². The van der Waals surface area contributed by atoms with Crippen molar-refractivity contribution in [3.05, 3.63) is 47.3 Å². The van der Waals surface area contributed by atoms with Crippen molar-refractivity contribution in [2.75, 3.05) is 0 Å². The number of halogens is 1. The molecule has 0 radical (unpaired) electrons. The minimum Gasteiger partial charge on any atom is -0.206 e. The lowest BCUT2D eigenvalue weighted by atomic mass is 10.0. The van der Waals surface area contributed by atoms with E-state index in [1.54, 1.807) is 6.07 Å². The van der Waals surface area contributed by atoms with Gasteiger partial charge in [0.2, 0.25) is 0 Å². The van der Waals surface area contributed by atoms with E-state index in [0.717, 1.165) is 16.5 Å². The maximum atomic E-state index is 13.4. The van der Waals surface area contributed by atoms with Crippen LogP contribution < -0.4 is 0 Å². The zero-order valence-electron chi connectivity index (χ0n) is 7.76. The van der Waals surface area contributed by atoms with Gasteiger partial charge in [0.1, 0.15) is 5.82 Å². The third-order valence-corrected chi connectivity index (χ3v) is 2.20. The zero-order valence-corrected chi connectivity index (χ0v) is 7.76. The number of benzene rings is 2. The molecule has 0 spiro atoms. The summed E-state index contributed by atoms with van der Waals surface area (Å²) in [4.78, 5) is 0. The minimum atomic E-state index is -0.126. The third kappa shape index (κ3) is 1.42. The molecule has 0 saturated heterocycles. The van der Waals surface area contributed by atoms with Crippen LogP contribution in [-0.2, 0) is 0 Å². The summed E-state index contributed by atoms with van der Waals surface area (Å²) < 4.78 is 13.4. The maximum absolute atomic E-state index is 13.4. The van der Waals surface area contributed by atoms with Crippen molar-refractivity contribution in [2.45, 2.75) is 13.8 Å². The van der Waals surface area contributed by atoms with Crippen molar-refractivity contribution in [1.82, 2.24) is 0 Å². The van der Waals surface area contributed by atoms with E-state index in [1.807, 2.05) is 38.1 Å². The fourth-order valence-electron chi connectivity index (χ4n) is 1.57. The quantitative estimate of drug-likeness (QED) is 0.572. The molecule has 0 bridgehead atoms. The van der Waals surface area contributed by atoms with Crippen molar-refractivity contribution < 1.29 is 4.39 Å². The summed E-state index contributed by atoms with van der Waals surface area (Å²) in [7, 11) is 0. The molecule has 0 aliphatic heterocycles. The van der Waals surface area contributed by atoms with Gasteiger partial charge in [-0.05, 0) is 36.9 Å². The van der Waals surface area contributed by atoms with Crippen molar-refractivity contribution in [3.8, 4) is 0 Å². The molecule has 1 heteroatoms. The van der Waals surface area contributed by atoms with Crippen LogP contribution in [0.2, 0.25) is 0 Å². The molecule has 0 aromatic heterocycles. The lowest BCUT2D eigenvalue weighted by Crippen LogP contribution is -1.83. The molecule has 13 heavy (non-hydrogen) atoms. The maximum Gasteiger partial charge on any atom is 0.131 e. The smallest absolute Gasteiger partial charge is 0.131 e. The molecular weight excluding hydrogens is 163 g/mol. The molecule has 0 unspecified atom stereocenters. The van der Waals surface area contributed by atoms with Crippen LogP contribution in [0.5, 0.6) is 0 Å².